The van der Waals surface area contributed by atoms with E-state index >= 15 is 0 Å². The molecule has 0 aromatic heterocycles. The quantitative estimate of drug-likeness (QED) is 0.856. The lowest BCUT2D eigenvalue weighted by Crippen LogP contribution is -2.53. The number of rotatable bonds is 4. The molecule has 0 saturated carbocycles. The van der Waals surface area contributed by atoms with Crippen LogP contribution in [0.1, 0.15) is 28.3 Å². The molecule has 100 valence electrons. The number of aliphatic hydroxyl groups is 1. The van der Waals surface area contributed by atoms with E-state index in [1.54, 1.807) is 0 Å². The van der Waals surface area contributed by atoms with E-state index in [1.165, 1.54) is 22.3 Å². The summed E-state index contributed by atoms with van der Waals surface area (Å²) in [5.41, 5.74) is 5.00. The van der Waals surface area contributed by atoms with Crippen LogP contribution >= 0.6 is 0 Å². The van der Waals surface area contributed by atoms with Crippen molar-refractivity contribution in [2.45, 2.75) is 26.8 Å². The molecule has 0 amide bonds. The minimum Gasteiger partial charge on any atom is -0.396 e. The molecule has 1 saturated heterocycles. The number of benzene rings is 1. The summed E-state index contributed by atoms with van der Waals surface area (Å²) >= 11 is 0. The largest absolute Gasteiger partial charge is 0.396 e. The molecular weight excluding hydrogens is 226 g/mol. The number of hydrogen-bond acceptors (Lipinski definition) is 3. The molecule has 1 heterocycles. The SMILES string of the molecule is CNC(c1cc(C)c(C)cc1C)C1(CO)COC1. The lowest BCUT2D eigenvalue weighted by molar-refractivity contribution is -0.155. The molecule has 1 aromatic carbocycles. The first kappa shape index (κ1) is 13.5. The van der Waals surface area contributed by atoms with Gasteiger partial charge in [-0.15, -0.1) is 0 Å². The summed E-state index contributed by atoms with van der Waals surface area (Å²) < 4.78 is 5.33. The van der Waals surface area contributed by atoms with E-state index in [0.717, 1.165) is 0 Å². The maximum Gasteiger partial charge on any atom is 0.0596 e. The predicted octanol–water partition coefficient (Wildman–Crippen LogP) is 1.88. The Morgan fingerprint density at radius 1 is 1.22 bits per heavy atom. The van der Waals surface area contributed by atoms with Crippen LogP contribution in [0, 0.1) is 26.2 Å². The van der Waals surface area contributed by atoms with Gasteiger partial charge < -0.3 is 15.2 Å². The molecule has 1 fully saturated rings. The molecule has 18 heavy (non-hydrogen) atoms. The Kier molecular flexibility index (Phi) is 3.76. The zero-order chi connectivity index (χ0) is 13.3. The van der Waals surface area contributed by atoms with Crippen LogP contribution in [-0.2, 0) is 4.74 Å². The fourth-order valence-electron chi connectivity index (χ4n) is 2.80. The van der Waals surface area contributed by atoms with Gasteiger partial charge in [-0.05, 0) is 50.1 Å². The topological polar surface area (TPSA) is 41.5 Å². The maximum atomic E-state index is 9.69. The molecule has 3 nitrogen and oxygen atoms in total. The van der Waals surface area contributed by atoms with Gasteiger partial charge in [-0.25, -0.2) is 0 Å². The summed E-state index contributed by atoms with van der Waals surface area (Å²) in [7, 11) is 1.95. The highest BCUT2D eigenvalue weighted by molar-refractivity contribution is 5.39. The average molecular weight is 249 g/mol. The summed E-state index contributed by atoms with van der Waals surface area (Å²) in [5.74, 6) is 0. The lowest BCUT2D eigenvalue weighted by atomic mass is 9.74. The van der Waals surface area contributed by atoms with E-state index in [0.29, 0.717) is 13.2 Å². The zero-order valence-electron chi connectivity index (χ0n) is 11.7. The highest BCUT2D eigenvalue weighted by atomic mass is 16.5. The molecule has 1 aliphatic rings. The highest BCUT2D eigenvalue weighted by Gasteiger charge is 2.45. The molecule has 1 aromatic rings. The van der Waals surface area contributed by atoms with E-state index in [4.69, 9.17) is 4.74 Å². The third-order valence-corrected chi connectivity index (χ3v) is 4.19. The van der Waals surface area contributed by atoms with Crippen molar-refractivity contribution in [1.82, 2.24) is 5.32 Å². The van der Waals surface area contributed by atoms with Crippen molar-refractivity contribution in [2.24, 2.45) is 5.41 Å². The normalized spacial score (nSPS) is 19.4. The average Bonchev–Trinajstić information content (AvgIpc) is 2.29. The van der Waals surface area contributed by atoms with Crippen molar-refractivity contribution in [3.05, 3.63) is 34.4 Å². The first-order valence-corrected chi connectivity index (χ1v) is 6.47. The minimum atomic E-state index is -0.165. The van der Waals surface area contributed by atoms with Crippen LogP contribution in [0.15, 0.2) is 12.1 Å². The van der Waals surface area contributed by atoms with Gasteiger partial charge in [0, 0.05) is 6.04 Å². The number of ether oxygens (including phenoxy) is 1. The van der Waals surface area contributed by atoms with E-state index in [2.05, 4.69) is 38.2 Å². The van der Waals surface area contributed by atoms with Gasteiger partial charge in [0.15, 0.2) is 0 Å². The number of aliphatic hydroxyl groups excluding tert-OH is 1. The Bertz CT molecular complexity index is 433. The van der Waals surface area contributed by atoms with Gasteiger partial charge >= 0.3 is 0 Å². The molecule has 0 aliphatic carbocycles. The van der Waals surface area contributed by atoms with Gasteiger partial charge in [0.25, 0.3) is 0 Å². The van der Waals surface area contributed by atoms with Crippen molar-refractivity contribution in [3.8, 4) is 0 Å². The molecule has 1 unspecified atom stereocenters. The summed E-state index contributed by atoms with van der Waals surface area (Å²) in [4.78, 5) is 0. The second-order valence-corrected chi connectivity index (χ2v) is 5.53. The van der Waals surface area contributed by atoms with Crippen molar-refractivity contribution in [2.75, 3.05) is 26.9 Å². The van der Waals surface area contributed by atoms with Crippen molar-refractivity contribution in [1.29, 1.82) is 0 Å². The summed E-state index contributed by atoms with van der Waals surface area (Å²) in [5, 5.41) is 13.1. The van der Waals surface area contributed by atoms with Gasteiger partial charge in [0.2, 0.25) is 0 Å². The smallest absolute Gasteiger partial charge is 0.0596 e. The predicted molar refractivity (Wildman–Crippen MR) is 72.8 cm³/mol. The lowest BCUT2D eigenvalue weighted by Gasteiger charge is -2.46. The van der Waals surface area contributed by atoms with Crippen LogP contribution < -0.4 is 5.32 Å². The van der Waals surface area contributed by atoms with Crippen molar-refractivity contribution in [3.63, 3.8) is 0 Å². The zero-order valence-corrected chi connectivity index (χ0v) is 11.7. The third kappa shape index (κ3) is 2.07. The standard InChI is InChI=1S/C15H23NO2/c1-10-5-12(3)13(6-11(10)2)14(16-4)15(7-17)8-18-9-15/h5-6,14,16-17H,7-9H2,1-4H3. The molecule has 1 atom stereocenters. The Balaban J connectivity index is 2.42. The van der Waals surface area contributed by atoms with Gasteiger partial charge in [-0.3, -0.25) is 0 Å². The fourth-order valence-corrected chi connectivity index (χ4v) is 2.80. The van der Waals surface area contributed by atoms with Gasteiger partial charge in [0.1, 0.15) is 0 Å². The molecule has 3 heteroatoms. The second kappa shape index (κ2) is 5.00. The first-order valence-electron chi connectivity index (χ1n) is 6.47. The van der Waals surface area contributed by atoms with Gasteiger partial charge in [-0.1, -0.05) is 12.1 Å². The van der Waals surface area contributed by atoms with Crippen LogP contribution in [0.2, 0.25) is 0 Å². The highest BCUT2D eigenvalue weighted by Crippen LogP contribution is 2.41. The Hall–Kier alpha value is -0.900. The number of hydrogen-bond donors (Lipinski definition) is 2. The molecular formula is C15H23NO2. The molecule has 0 radical (unpaired) electrons. The second-order valence-electron chi connectivity index (χ2n) is 5.53. The van der Waals surface area contributed by atoms with Gasteiger partial charge in [-0.2, -0.15) is 0 Å². The first-order chi connectivity index (χ1) is 8.54. The van der Waals surface area contributed by atoms with Crippen LogP contribution in [-0.4, -0.2) is 32.0 Å². The minimum absolute atomic E-state index is 0.149. The van der Waals surface area contributed by atoms with E-state index in [-0.39, 0.29) is 18.1 Å². The van der Waals surface area contributed by atoms with E-state index in [1.807, 2.05) is 7.05 Å². The summed E-state index contributed by atoms with van der Waals surface area (Å²) in [6.07, 6.45) is 0. The van der Waals surface area contributed by atoms with Crippen LogP contribution in [0.3, 0.4) is 0 Å². The van der Waals surface area contributed by atoms with E-state index in [9.17, 15) is 5.11 Å². The molecule has 0 bridgehead atoms. The molecule has 1 aliphatic heterocycles. The Labute approximate surface area is 109 Å². The van der Waals surface area contributed by atoms with Gasteiger partial charge in [0.05, 0.1) is 25.2 Å². The summed E-state index contributed by atoms with van der Waals surface area (Å²) in [6, 6.07) is 4.61. The van der Waals surface area contributed by atoms with E-state index < -0.39 is 0 Å². The molecule has 2 rings (SSSR count). The van der Waals surface area contributed by atoms with Crippen molar-refractivity contribution < 1.29 is 9.84 Å². The van der Waals surface area contributed by atoms with Crippen LogP contribution in [0.25, 0.3) is 0 Å². The monoisotopic (exact) mass is 249 g/mol. The maximum absolute atomic E-state index is 9.69. The molecule has 2 N–H and O–H groups in total. The summed E-state index contributed by atoms with van der Waals surface area (Å²) in [6.45, 7) is 7.81. The Morgan fingerprint density at radius 3 is 2.28 bits per heavy atom. The van der Waals surface area contributed by atoms with Crippen LogP contribution in [0.4, 0.5) is 0 Å². The number of aryl methyl sites for hydroxylation is 3. The fraction of sp³-hybridized carbons (Fsp3) is 0.600. The number of nitrogens with one attached hydrogen (secondary N) is 1. The van der Waals surface area contributed by atoms with Crippen molar-refractivity contribution >= 4 is 0 Å². The third-order valence-electron chi connectivity index (χ3n) is 4.19. The van der Waals surface area contributed by atoms with Crippen LogP contribution in [0.5, 0.6) is 0 Å². The molecule has 0 spiro atoms. The Morgan fingerprint density at radius 2 is 1.83 bits per heavy atom.